The second kappa shape index (κ2) is 7.25. The Hall–Kier alpha value is -2.10. The highest BCUT2D eigenvalue weighted by molar-refractivity contribution is 6.37. The molecule has 0 spiro atoms. The standard InChI is InChI=1S/C17H13Cl2NO2/c1-20-15-8-3-2-5-12(17(15)22)16(21)10-9-11-13(18)6-4-7-14(11)19/h2-10H,1H3,(H,20,22)/b10-9+. The molecule has 0 fully saturated rings. The summed E-state index contributed by atoms with van der Waals surface area (Å²) in [4.78, 5) is 24.5. The summed E-state index contributed by atoms with van der Waals surface area (Å²) in [7, 11) is 1.63. The largest absolute Gasteiger partial charge is 0.385 e. The second-order valence-corrected chi connectivity index (χ2v) is 5.27. The monoisotopic (exact) mass is 333 g/mol. The molecule has 0 radical (unpaired) electrons. The Morgan fingerprint density at radius 3 is 2.32 bits per heavy atom. The predicted octanol–water partition coefficient (Wildman–Crippen LogP) is 4.29. The van der Waals surface area contributed by atoms with Crippen molar-refractivity contribution in [2.75, 3.05) is 12.4 Å². The van der Waals surface area contributed by atoms with Crippen molar-refractivity contribution in [3.63, 3.8) is 0 Å². The first-order valence-electron chi connectivity index (χ1n) is 6.52. The molecule has 0 aliphatic carbocycles. The molecule has 0 aliphatic heterocycles. The van der Waals surface area contributed by atoms with E-state index in [2.05, 4.69) is 5.32 Å². The summed E-state index contributed by atoms with van der Waals surface area (Å²) in [6.07, 6.45) is 2.81. The number of allylic oxidation sites excluding steroid dienone is 1. The first-order chi connectivity index (χ1) is 10.5. The SMILES string of the molecule is CNc1ccccc(C(=O)/C=C/c2c(Cl)cccc2Cl)c1=O. The van der Waals surface area contributed by atoms with E-state index in [1.807, 2.05) is 0 Å². The van der Waals surface area contributed by atoms with Gasteiger partial charge in [-0.05, 0) is 36.4 Å². The van der Waals surface area contributed by atoms with E-state index in [0.29, 0.717) is 21.3 Å². The number of hydrogen-bond donors (Lipinski definition) is 1. The lowest BCUT2D eigenvalue weighted by Gasteiger charge is -2.00. The number of anilines is 1. The number of benzene rings is 1. The van der Waals surface area contributed by atoms with Crippen LogP contribution in [0.1, 0.15) is 15.9 Å². The molecule has 2 aromatic rings. The lowest BCUT2D eigenvalue weighted by Crippen LogP contribution is -2.14. The number of ketones is 1. The van der Waals surface area contributed by atoms with Gasteiger partial charge < -0.3 is 5.32 Å². The van der Waals surface area contributed by atoms with E-state index in [1.54, 1.807) is 43.4 Å². The fourth-order valence-corrected chi connectivity index (χ4v) is 2.43. The van der Waals surface area contributed by atoms with Crippen molar-refractivity contribution < 1.29 is 4.79 Å². The van der Waals surface area contributed by atoms with Crippen LogP contribution >= 0.6 is 23.2 Å². The minimum Gasteiger partial charge on any atom is -0.385 e. The summed E-state index contributed by atoms with van der Waals surface area (Å²) in [5, 5.41) is 3.65. The molecule has 0 aliphatic rings. The number of carbonyl (C=O) groups is 1. The lowest BCUT2D eigenvalue weighted by molar-refractivity contribution is 0.104. The van der Waals surface area contributed by atoms with Gasteiger partial charge in [0.05, 0.1) is 11.3 Å². The third-order valence-corrected chi connectivity index (χ3v) is 3.72. The minimum atomic E-state index is -0.409. The maximum Gasteiger partial charge on any atom is 0.212 e. The summed E-state index contributed by atoms with van der Waals surface area (Å²) in [5.41, 5.74) is 0.625. The molecule has 0 bridgehead atoms. The van der Waals surface area contributed by atoms with Gasteiger partial charge in [-0.2, -0.15) is 0 Å². The van der Waals surface area contributed by atoms with Crippen molar-refractivity contribution in [1.82, 2.24) is 0 Å². The molecule has 112 valence electrons. The minimum absolute atomic E-state index is 0.0776. The van der Waals surface area contributed by atoms with E-state index in [9.17, 15) is 9.59 Å². The number of carbonyl (C=O) groups excluding carboxylic acids is 1. The van der Waals surface area contributed by atoms with E-state index in [4.69, 9.17) is 23.2 Å². The van der Waals surface area contributed by atoms with Crippen LogP contribution < -0.4 is 10.7 Å². The molecule has 0 amide bonds. The topological polar surface area (TPSA) is 46.2 Å². The lowest BCUT2D eigenvalue weighted by atomic mass is 10.1. The number of rotatable bonds is 4. The molecule has 0 unspecified atom stereocenters. The third kappa shape index (κ3) is 3.56. The van der Waals surface area contributed by atoms with Crippen LogP contribution in [0, 0.1) is 0 Å². The maximum absolute atomic E-state index is 12.3. The van der Waals surface area contributed by atoms with E-state index < -0.39 is 5.78 Å². The number of nitrogens with one attached hydrogen (secondary N) is 1. The van der Waals surface area contributed by atoms with Gasteiger partial charge >= 0.3 is 0 Å². The zero-order valence-corrected chi connectivity index (χ0v) is 13.3. The van der Waals surface area contributed by atoms with Crippen molar-refractivity contribution in [1.29, 1.82) is 0 Å². The molecule has 5 heteroatoms. The third-order valence-electron chi connectivity index (χ3n) is 3.06. The highest BCUT2D eigenvalue weighted by atomic mass is 35.5. The highest BCUT2D eigenvalue weighted by Gasteiger charge is 2.09. The van der Waals surface area contributed by atoms with Crippen molar-refractivity contribution >= 4 is 40.7 Å². The van der Waals surface area contributed by atoms with Crippen LogP contribution in [-0.2, 0) is 0 Å². The van der Waals surface area contributed by atoms with Crippen molar-refractivity contribution in [2.24, 2.45) is 0 Å². The van der Waals surface area contributed by atoms with Gasteiger partial charge in [0.25, 0.3) is 0 Å². The van der Waals surface area contributed by atoms with Crippen LogP contribution in [0.15, 0.2) is 53.3 Å². The fourth-order valence-electron chi connectivity index (χ4n) is 1.91. The molecule has 0 saturated carbocycles. The quantitative estimate of drug-likeness (QED) is 0.670. The molecule has 0 heterocycles. The average Bonchev–Trinajstić information content (AvgIpc) is 2.68. The van der Waals surface area contributed by atoms with Crippen LogP contribution in [0.2, 0.25) is 10.0 Å². The Balaban J connectivity index is 2.41. The van der Waals surface area contributed by atoms with E-state index in [-0.39, 0.29) is 11.0 Å². The van der Waals surface area contributed by atoms with Crippen molar-refractivity contribution in [3.8, 4) is 0 Å². The molecule has 1 N–H and O–H groups in total. The average molecular weight is 334 g/mol. The van der Waals surface area contributed by atoms with Crippen molar-refractivity contribution in [2.45, 2.75) is 0 Å². The van der Waals surface area contributed by atoms with Gasteiger partial charge in [0, 0.05) is 22.7 Å². The van der Waals surface area contributed by atoms with Gasteiger partial charge in [-0.15, -0.1) is 0 Å². The molecule has 0 aromatic heterocycles. The van der Waals surface area contributed by atoms with Crippen LogP contribution in [0.4, 0.5) is 5.69 Å². The van der Waals surface area contributed by atoms with Gasteiger partial charge in [0.2, 0.25) is 5.43 Å². The van der Waals surface area contributed by atoms with Crippen LogP contribution in [0.5, 0.6) is 0 Å². The van der Waals surface area contributed by atoms with Crippen LogP contribution in [-0.4, -0.2) is 12.8 Å². The Morgan fingerprint density at radius 2 is 1.68 bits per heavy atom. The Morgan fingerprint density at radius 1 is 1.05 bits per heavy atom. The Kier molecular flexibility index (Phi) is 5.36. The van der Waals surface area contributed by atoms with Crippen molar-refractivity contribution in [3.05, 3.63) is 79.9 Å². The smallest absolute Gasteiger partial charge is 0.212 e. The molecular weight excluding hydrogens is 321 g/mol. The van der Waals surface area contributed by atoms with Crippen LogP contribution in [0.3, 0.4) is 0 Å². The van der Waals surface area contributed by atoms with Gasteiger partial charge in [-0.3, -0.25) is 9.59 Å². The zero-order valence-electron chi connectivity index (χ0n) is 11.8. The number of halogens is 2. The van der Waals surface area contributed by atoms with Crippen LogP contribution in [0.25, 0.3) is 6.08 Å². The highest BCUT2D eigenvalue weighted by Crippen LogP contribution is 2.25. The first kappa shape index (κ1) is 16.3. The molecule has 2 aromatic carbocycles. The predicted molar refractivity (Wildman–Crippen MR) is 92.1 cm³/mol. The van der Waals surface area contributed by atoms with Gasteiger partial charge in [0.15, 0.2) is 5.78 Å². The number of hydrogen-bond acceptors (Lipinski definition) is 3. The molecular formula is C17H13Cl2NO2. The molecule has 0 saturated heterocycles. The summed E-state index contributed by atoms with van der Waals surface area (Å²) < 4.78 is 0. The van der Waals surface area contributed by atoms with E-state index in [1.165, 1.54) is 18.2 Å². The van der Waals surface area contributed by atoms with E-state index in [0.717, 1.165) is 0 Å². The normalized spacial score (nSPS) is 10.7. The zero-order chi connectivity index (χ0) is 16.1. The van der Waals surface area contributed by atoms with Gasteiger partial charge in [-0.25, -0.2) is 0 Å². The Labute approximate surface area is 138 Å². The van der Waals surface area contributed by atoms with Gasteiger partial charge in [-0.1, -0.05) is 41.4 Å². The molecule has 3 nitrogen and oxygen atoms in total. The molecule has 22 heavy (non-hydrogen) atoms. The summed E-state index contributed by atoms with van der Waals surface area (Å²) in [5.74, 6) is -0.409. The summed E-state index contributed by atoms with van der Waals surface area (Å²) >= 11 is 12.1. The summed E-state index contributed by atoms with van der Waals surface area (Å²) in [6.45, 7) is 0. The Bertz CT molecular complexity index is 781. The second-order valence-electron chi connectivity index (χ2n) is 4.46. The van der Waals surface area contributed by atoms with E-state index >= 15 is 0 Å². The maximum atomic E-state index is 12.3. The molecule has 0 atom stereocenters. The molecule has 2 rings (SSSR count). The fraction of sp³-hybridized carbons (Fsp3) is 0.0588. The summed E-state index contributed by atoms with van der Waals surface area (Å²) in [6, 6.07) is 11.5. The first-order valence-corrected chi connectivity index (χ1v) is 7.27. The van der Waals surface area contributed by atoms with Gasteiger partial charge in [0.1, 0.15) is 0 Å².